The second kappa shape index (κ2) is 3.61. The van der Waals surface area contributed by atoms with E-state index in [1.165, 1.54) is 0 Å². The van der Waals surface area contributed by atoms with E-state index in [9.17, 15) is 0 Å². The molecule has 0 spiro atoms. The zero-order chi connectivity index (χ0) is 8.32. The van der Waals surface area contributed by atoms with Crippen molar-refractivity contribution >= 4 is 8.80 Å². The maximum atomic E-state index is 8.54. The van der Waals surface area contributed by atoms with Crippen molar-refractivity contribution in [3.8, 4) is 0 Å². The fourth-order valence-corrected chi connectivity index (χ4v) is 1.01. The molecule has 5 nitrogen and oxygen atoms in total. The van der Waals surface area contributed by atoms with E-state index < -0.39 is 8.80 Å². The lowest BCUT2D eigenvalue weighted by molar-refractivity contribution is 0.114. The SMILES string of the molecule is O[Si](O)(O)CCOCC1CO1. The van der Waals surface area contributed by atoms with Crippen LogP contribution in [0.25, 0.3) is 0 Å². The largest absolute Gasteiger partial charge is 0.495 e. The molecular formula is C5H12O5Si. The van der Waals surface area contributed by atoms with E-state index in [1.54, 1.807) is 0 Å². The lowest BCUT2D eigenvalue weighted by atomic mass is 10.5. The van der Waals surface area contributed by atoms with Crippen molar-refractivity contribution in [1.29, 1.82) is 0 Å². The van der Waals surface area contributed by atoms with Crippen molar-refractivity contribution in [3.05, 3.63) is 0 Å². The number of ether oxygens (including phenoxy) is 2. The molecule has 0 aromatic rings. The van der Waals surface area contributed by atoms with E-state index in [2.05, 4.69) is 0 Å². The molecule has 0 bridgehead atoms. The molecule has 1 aliphatic rings. The molecule has 1 aliphatic heterocycles. The standard InChI is InChI=1S/C5H12O5Si/c6-11(7,8)2-1-9-3-5-4-10-5/h5-8H,1-4H2. The second-order valence-electron chi connectivity index (χ2n) is 2.55. The third-order valence-corrected chi connectivity index (χ3v) is 2.16. The summed E-state index contributed by atoms with van der Waals surface area (Å²) in [6, 6.07) is -0.0697. The van der Waals surface area contributed by atoms with Crippen LogP contribution in [0.2, 0.25) is 6.04 Å². The molecule has 0 radical (unpaired) electrons. The predicted octanol–water partition coefficient (Wildman–Crippen LogP) is -1.68. The minimum atomic E-state index is -3.87. The third kappa shape index (κ3) is 5.30. The number of epoxide rings is 1. The summed E-state index contributed by atoms with van der Waals surface area (Å²) in [5.74, 6) is 0. The second-order valence-corrected chi connectivity index (χ2v) is 4.60. The maximum absolute atomic E-state index is 8.54. The van der Waals surface area contributed by atoms with Crippen LogP contribution < -0.4 is 0 Å². The molecule has 66 valence electrons. The first-order valence-electron chi connectivity index (χ1n) is 3.44. The molecule has 0 amide bonds. The Morgan fingerprint density at radius 1 is 1.45 bits per heavy atom. The summed E-state index contributed by atoms with van der Waals surface area (Å²) in [5.41, 5.74) is 0. The molecule has 1 rings (SSSR count). The Hall–Kier alpha value is 0.0169. The highest BCUT2D eigenvalue weighted by molar-refractivity contribution is 6.56. The van der Waals surface area contributed by atoms with Gasteiger partial charge in [-0.15, -0.1) is 0 Å². The highest BCUT2D eigenvalue weighted by Crippen LogP contribution is 2.09. The first-order valence-corrected chi connectivity index (χ1v) is 5.49. The highest BCUT2D eigenvalue weighted by atomic mass is 28.4. The van der Waals surface area contributed by atoms with Gasteiger partial charge in [0.2, 0.25) is 0 Å². The lowest BCUT2D eigenvalue weighted by Gasteiger charge is -2.08. The van der Waals surface area contributed by atoms with Crippen molar-refractivity contribution in [1.82, 2.24) is 0 Å². The van der Waals surface area contributed by atoms with Gasteiger partial charge in [0.05, 0.1) is 19.8 Å². The molecule has 6 heteroatoms. The van der Waals surface area contributed by atoms with Crippen LogP contribution in [0.3, 0.4) is 0 Å². The Morgan fingerprint density at radius 2 is 2.09 bits per heavy atom. The number of hydrogen-bond donors (Lipinski definition) is 3. The molecule has 0 aromatic carbocycles. The fourth-order valence-electron chi connectivity index (χ4n) is 0.588. The smallest absolute Gasteiger partial charge is 0.390 e. The van der Waals surface area contributed by atoms with Crippen molar-refractivity contribution in [2.24, 2.45) is 0 Å². The summed E-state index contributed by atoms with van der Waals surface area (Å²) in [5, 5.41) is 0. The zero-order valence-corrected chi connectivity index (χ0v) is 7.06. The van der Waals surface area contributed by atoms with Gasteiger partial charge in [-0.3, -0.25) is 0 Å². The van der Waals surface area contributed by atoms with E-state index in [4.69, 9.17) is 23.9 Å². The normalized spacial score (nSPS) is 23.7. The zero-order valence-electron chi connectivity index (χ0n) is 6.06. The van der Waals surface area contributed by atoms with E-state index in [0.717, 1.165) is 6.61 Å². The van der Waals surface area contributed by atoms with Gasteiger partial charge in [0, 0.05) is 6.04 Å². The third-order valence-electron chi connectivity index (χ3n) is 1.29. The fraction of sp³-hybridized carbons (Fsp3) is 1.00. The average Bonchev–Trinajstić information content (AvgIpc) is 2.60. The molecule has 0 saturated carbocycles. The summed E-state index contributed by atoms with van der Waals surface area (Å²) < 4.78 is 9.80. The Balaban J connectivity index is 1.87. The van der Waals surface area contributed by atoms with Crippen LogP contribution in [-0.4, -0.2) is 49.1 Å². The van der Waals surface area contributed by atoms with Crippen LogP contribution in [0.15, 0.2) is 0 Å². The van der Waals surface area contributed by atoms with Gasteiger partial charge in [-0.25, -0.2) is 0 Å². The minimum Gasteiger partial charge on any atom is -0.390 e. The molecule has 1 saturated heterocycles. The van der Waals surface area contributed by atoms with Crippen LogP contribution in [0.1, 0.15) is 0 Å². The quantitative estimate of drug-likeness (QED) is 0.267. The summed E-state index contributed by atoms with van der Waals surface area (Å²) in [7, 11) is -3.87. The van der Waals surface area contributed by atoms with Gasteiger partial charge in [-0.05, 0) is 0 Å². The van der Waals surface area contributed by atoms with Gasteiger partial charge in [0.1, 0.15) is 6.10 Å². The Kier molecular flexibility index (Phi) is 2.99. The summed E-state index contributed by atoms with van der Waals surface area (Å²) in [6.07, 6.45) is 0.183. The number of rotatable bonds is 5. The van der Waals surface area contributed by atoms with E-state index >= 15 is 0 Å². The summed E-state index contributed by atoms with van der Waals surface area (Å²) in [4.78, 5) is 25.6. The maximum Gasteiger partial charge on any atom is 0.495 e. The molecule has 0 aliphatic carbocycles. The first kappa shape index (κ1) is 9.11. The average molecular weight is 180 g/mol. The highest BCUT2D eigenvalue weighted by Gasteiger charge is 2.27. The molecule has 1 fully saturated rings. The van der Waals surface area contributed by atoms with Gasteiger partial charge in [0.15, 0.2) is 0 Å². The van der Waals surface area contributed by atoms with Crippen LogP contribution in [-0.2, 0) is 9.47 Å². The molecule has 1 heterocycles. The summed E-state index contributed by atoms with van der Waals surface area (Å²) in [6.45, 7) is 1.38. The van der Waals surface area contributed by atoms with Crippen LogP contribution in [0.4, 0.5) is 0 Å². The molecular weight excluding hydrogens is 168 g/mol. The van der Waals surface area contributed by atoms with Gasteiger partial charge in [-0.1, -0.05) is 0 Å². The first-order chi connectivity index (χ1) is 5.08. The van der Waals surface area contributed by atoms with E-state index in [1.807, 2.05) is 0 Å². The lowest BCUT2D eigenvalue weighted by Crippen LogP contribution is -2.35. The Labute approximate surface area is 65.6 Å². The predicted molar refractivity (Wildman–Crippen MR) is 37.8 cm³/mol. The Bertz CT molecular complexity index is 119. The minimum absolute atomic E-state index is 0.0697. The van der Waals surface area contributed by atoms with E-state index in [-0.39, 0.29) is 18.8 Å². The van der Waals surface area contributed by atoms with Crippen molar-refractivity contribution < 1.29 is 23.9 Å². The van der Waals surface area contributed by atoms with Gasteiger partial charge in [0.25, 0.3) is 0 Å². The molecule has 1 unspecified atom stereocenters. The van der Waals surface area contributed by atoms with E-state index in [0.29, 0.717) is 6.61 Å². The number of hydrogen-bond acceptors (Lipinski definition) is 5. The van der Waals surface area contributed by atoms with Crippen molar-refractivity contribution in [3.63, 3.8) is 0 Å². The van der Waals surface area contributed by atoms with Gasteiger partial charge in [-0.2, -0.15) is 0 Å². The molecule has 0 aromatic heterocycles. The van der Waals surface area contributed by atoms with Gasteiger partial charge >= 0.3 is 8.80 Å². The molecule has 1 atom stereocenters. The monoisotopic (exact) mass is 180 g/mol. The van der Waals surface area contributed by atoms with Crippen LogP contribution in [0.5, 0.6) is 0 Å². The molecule has 11 heavy (non-hydrogen) atoms. The van der Waals surface area contributed by atoms with Crippen LogP contribution in [0, 0.1) is 0 Å². The van der Waals surface area contributed by atoms with Crippen LogP contribution >= 0.6 is 0 Å². The van der Waals surface area contributed by atoms with Gasteiger partial charge < -0.3 is 23.9 Å². The topological polar surface area (TPSA) is 82.5 Å². The van der Waals surface area contributed by atoms with Crippen molar-refractivity contribution in [2.75, 3.05) is 19.8 Å². The summed E-state index contributed by atoms with van der Waals surface area (Å²) >= 11 is 0. The Morgan fingerprint density at radius 3 is 2.55 bits per heavy atom. The molecule has 3 N–H and O–H groups in total. The van der Waals surface area contributed by atoms with Crippen molar-refractivity contribution in [2.45, 2.75) is 12.1 Å².